The number of methoxy groups -OCH3 is 1. The zero-order valence-electron chi connectivity index (χ0n) is 21.9. The Morgan fingerprint density at radius 3 is 2.34 bits per heavy atom. The van der Waals surface area contributed by atoms with E-state index in [4.69, 9.17) is 9.90 Å². The molecule has 0 aliphatic carbocycles. The summed E-state index contributed by atoms with van der Waals surface area (Å²) in [7, 11) is 1.32. The molecule has 0 spiro atoms. The zero-order chi connectivity index (χ0) is 28.6. The van der Waals surface area contributed by atoms with Gasteiger partial charge in [-0.05, 0) is 30.4 Å². The maximum Gasteiger partial charge on any atom is 0.490 e. The topological polar surface area (TPSA) is 125 Å². The van der Waals surface area contributed by atoms with Crippen LogP contribution in [0.2, 0.25) is 0 Å². The third-order valence-corrected chi connectivity index (χ3v) is 6.02. The minimum atomic E-state index is -5.08. The number of amides is 2. The molecule has 2 aromatic rings. The Labute approximate surface area is 218 Å². The number of urea groups is 1. The molecule has 208 valence electrons. The Morgan fingerprint density at radius 1 is 1.18 bits per heavy atom. The number of piperazine rings is 1. The molecule has 1 saturated heterocycles. The van der Waals surface area contributed by atoms with Crippen molar-refractivity contribution < 1.29 is 37.4 Å². The van der Waals surface area contributed by atoms with E-state index in [1.54, 1.807) is 6.20 Å². The number of rotatable bonds is 5. The lowest BCUT2D eigenvalue weighted by molar-refractivity contribution is -0.192. The Bertz CT molecular complexity index is 1130. The molecule has 2 amide bonds. The first-order valence-corrected chi connectivity index (χ1v) is 11.9. The number of hydrogen-bond acceptors (Lipinski definition) is 7. The molecule has 1 aromatic heterocycles. The van der Waals surface area contributed by atoms with Gasteiger partial charge in [0.2, 0.25) is 0 Å². The van der Waals surface area contributed by atoms with Gasteiger partial charge in [0, 0.05) is 25.3 Å². The highest BCUT2D eigenvalue weighted by molar-refractivity contribution is 5.91. The van der Waals surface area contributed by atoms with E-state index in [2.05, 4.69) is 51.8 Å². The van der Waals surface area contributed by atoms with Crippen molar-refractivity contribution in [2.24, 2.45) is 5.92 Å². The van der Waals surface area contributed by atoms with Crippen LogP contribution in [0.5, 0.6) is 0 Å². The number of carbonyl (C=O) groups is 3. The third-order valence-electron chi connectivity index (χ3n) is 6.02. The average molecular weight is 540 g/mol. The van der Waals surface area contributed by atoms with Crippen molar-refractivity contribution in [2.45, 2.75) is 46.3 Å². The molecule has 13 heteroatoms. The van der Waals surface area contributed by atoms with Crippen molar-refractivity contribution >= 4 is 29.5 Å². The second-order valence-corrected chi connectivity index (χ2v) is 8.90. The monoisotopic (exact) mass is 539 g/mol. The number of carboxylic acid groups (broad SMARTS) is 1. The standard InChI is InChI=1S/C23H31N5O3.C2HF3O2/c1-6-17-9-7-8-16(4)21(17)26-23(30)28-11-10-27(14-19(28)15(2)3)20-13-24-18(12-25-20)22(29)31-5;3-2(4,5)1(6)7/h7-9,12-13,15,19H,6,10-11,14H2,1-5H3,(H,26,30);(H,6,7). The number of benzene rings is 1. The summed E-state index contributed by atoms with van der Waals surface area (Å²) in [4.78, 5) is 46.3. The second-order valence-electron chi connectivity index (χ2n) is 8.90. The van der Waals surface area contributed by atoms with E-state index in [1.807, 2.05) is 24.0 Å². The number of alkyl halides is 3. The van der Waals surface area contributed by atoms with Crippen molar-refractivity contribution in [2.75, 3.05) is 37.0 Å². The van der Waals surface area contributed by atoms with Gasteiger partial charge in [-0.25, -0.2) is 24.4 Å². The molecule has 1 aliphatic heterocycles. The molecule has 3 rings (SSSR count). The third kappa shape index (κ3) is 7.80. The molecule has 10 nitrogen and oxygen atoms in total. The largest absolute Gasteiger partial charge is 0.490 e. The fourth-order valence-corrected chi connectivity index (χ4v) is 3.92. The van der Waals surface area contributed by atoms with Gasteiger partial charge in [-0.2, -0.15) is 13.2 Å². The number of aryl methyl sites for hydroxylation is 2. The summed E-state index contributed by atoms with van der Waals surface area (Å²) in [6, 6.07) is 6.03. The minimum Gasteiger partial charge on any atom is -0.475 e. The fourth-order valence-electron chi connectivity index (χ4n) is 3.92. The smallest absolute Gasteiger partial charge is 0.475 e. The van der Waals surface area contributed by atoms with Gasteiger partial charge >= 0.3 is 24.1 Å². The minimum absolute atomic E-state index is 0.0185. The summed E-state index contributed by atoms with van der Waals surface area (Å²) in [6.07, 6.45) is -1.21. The summed E-state index contributed by atoms with van der Waals surface area (Å²) < 4.78 is 36.4. The van der Waals surface area contributed by atoms with Crippen LogP contribution >= 0.6 is 0 Å². The highest BCUT2D eigenvalue weighted by Crippen LogP contribution is 2.25. The molecule has 2 heterocycles. The van der Waals surface area contributed by atoms with Crippen LogP contribution in [-0.2, 0) is 16.0 Å². The lowest BCUT2D eigenvalue weighted by Gasteiger charge is -2.43. The van der Waals surface area contributed by atoms with Gasteiger partial charge in [0.05, 0.1) is 25.5 Å². The molecule has 0 saturated carbocycles. The van der Waals surface area contributed by atoms with Crippen LogP contribution in [0.3, 0.4) is 0 Å². The fraction of sp³-hybridized carbons (Fsp3) is 0.480. The quantitative estimate of drug-likeness (QED) is 0.543. The SMILES string of the molecule is CCc1cccc(C)c1NC(=O)N1CCN(c2cnc(C(=O)OC)cn2)CC1C(C)C.O=C(O)C(F)(F)F. The summed E-state index contributed by atoms with van der Waals surface area (Å²) in [6.45, 7) is 10.2. The highest BCUT2D eigenvalue weighted by atomic mass is 19.4. The van der Waals surface area contributed by atoms with Crippen molar-refractivity contribution in [3.63, 3.8) is 0 Å². The van der Waals surface area contributed by atoms with Gasteiger partial charge in [0.25, 0.3) is 0 Å². The van der Waals surface area contributed by atoms with Gasteiger partial charge in [-0.3, -0.25) is 0 Å². The number of aliphatic carboxylic acids is 1. The Hall–Kier alpha value is -3.90. The van der Waals surface area contributed by atoms with E-state index in [9.17, 15) is 22.8 Å². The predicted molar refractivity (Wildman–Crippen MR) is 134 cm³/mol. The molecule has 1 fully saturated rings. The molecule has 0 bridgehead atoms. The number of para-hydroxylation sites is 1. The van der Waals surface area contributed by atoms with Gasteiger partial charge in [-0.15, -0.1) is 0 Å². The Morgan fingerprint density at radius 2 is 1.84 bits per heavy atom. The number of esters is 1. The normalized spacial score (nSPS) is 15.4. The number of aromatic nitrogens is 2. The maximum absolute atomic E-state index is 13.2. The van der Waals surface area contributed by atoms with Gasteiger partial charge in [-0.1, -0.05) is 39.0 Å². The van der Waals surface area contributed by atoms with Crippen LogP contribution in [-0.4, -0.2) is 76.9 Å². The summed E-state index contributed by atoms with van der Waals surface area (Å²) in [5.41, 5.74) is 3.28. The van der Waals surface area contributed by atoms with E-state index in [-0.39, 0.29) is 23.7 Å². The highest BCUT2D eigenvalue weighted by Gasteiger charge is 2.38. The van der Waals surface area contributed by atoms with E-state index in [0.29, 0.717) is 25.5 Å². The van der Waals surface area contributed by atoms with E-state index in [1.165, 1.54) is 13.3 Å². The number of carbonyl (C=O) groups excluding carboxylic acids is 2. The summed E-state index contributed by atoms with van der Waals surface area (Å²) in [5, 5.41) is 10.3. The van der Waals surface area contributed by atoms with E-state index >= 15 is 0 Å². The van der Waals surface area contributed by atoms with Crippen molar-refractivity contribution in [1.82, 2.24) is 14.9 Å². The molecule has 0 radical (unpaired) electrons. The number of hydrogen-bond donors (Lipinski definition) is 2. The molecule has 1 atom stereocenters. The van der Waals surface area contributed by atoms with Crippen LogP contribution in [0.4, 0.5) is 29.5 Å². The molecular formula is C25H32F3N5O5. The van der Waals surface area contributed by atoms with Crippen molar-refractivity contribution in [3.05, 3.63) is 47.4 Å². The molecule has 1 aliphatic rings. The van der Waals surface area contributed by atoms with Crippen LogP contribution in [0.25, 0.3) is 0 Å². The number of nitrogens with zero attached hydrogens (tertiary/aromatic N) is 4. The molecule has 38 heavy (non-hydrogen) atoms. The first-order chi connectivity index (χ1) is 17.8. The lowest BCUT2D eigenvalue weighted by atomic mass is 9.99. The van der Waals surface area contributed by atoms with Crippen molar-refractivity contribution in [3.8, 4) is 0 Å². The zero-order valence-corrected chi connectivity index (χ0v) is 21.9. The number of halogens is 3. The van der Waals surface area contributed by atoms with Gasteiger partial charge < -0.3 is 25.0 Å². The number of carboxylic acids is 1. The van der Waals surface area contributed by atoms with Gasteiger partial charge in [0.1, 0.15) is 5.82 Å². The van der Waals surface area contributed by atoms with Crippen LogP contribution in [0, 0.1) is 12.8 Å². The van der Waals surface area contributed by atoms with E-state index in [0.717, 1.165) is 23.2 Å². The maximum atomic E-state index is 13.2. The molecule has 1 unspecified atom stereocenters. The summed E-state index contributed by atoms with van der Waals surface area (Å²) >= 11 is 0. The van der Waals surface area contributed by atoms with Crippen LogP contribution in [0.15, 0.2) is 30.6 Å². The summed E-state index contributed by atoms with van der Waals surface area (Å²) in [5.74, 6) is -2.32. The van der Waals surface area contributed by atoms with Crippen LogP contribution in [0.1, 0.15) is 42.4 Å². The van der Waals surface area contributed by atoms with Crippen molar-refractivity contribution in [1.29, 1.82) is 0 Å². The Balaban J connectivity index is 0.000000638. The molecular weight excluding hydrogens is 507 g/mol. The first-order valence-electron chi connectivity index (χ1n) is 11.9. The van der Waals surface area contributed by atoms with Gasteiger partial charge in [0.15, 0.2) is 5.69 Å². The average Bonchev–Trinajstić information content (AvgIpc) is 2.88. The Kier molecular flexibility index (Phi) is 10.4. The number of anilines is 2. The first kappa shape index (κ1) is 30.3. The second kappa shape index (κ2) is 13.1. The number of ether oxygens (including phenoxy) is 1. The molecule has 1 aromatic carbocycles. The van der Waals surface area contributed by atoms with E-state index < -0.39 is 18.1 Å². The van der Waals surface area contributed by atoms with Crippen LogP contribution < -0.4 is 10.2 Å². The predicted octanol–water partition coefficient (Wildman–Crippen LogP) is 4.15. The lowest BCUT2D eigenvalue weighted by Crippen LogP contribution is -2.58. The number of nitrogens with one attached hydrogen (secondary N) is 1. The molecule has 2 N–H and O–H groups in total.